The summed E-state index contributed by atoms with van der Waals surface area (Å²) in [4.78, 5) is 8.89. The fourth-order valence-corrected chi connectivity index (χ4v) is 3.03. The Bertz CT molecular complexity index is 831. The highest BCUT2D eigenvalue weighted by Gasteiger charge is 2.19. The van der Waals surface area contributed by atoms with Gasteiger partial charge in [-0.1, -0.05) is 0 Å². The lowest BCUT2D eigenvalue weighted by Crippen LogP contribution is -2.30. The third-order valence-electron chi connectivity index (χ3n) is 4.48. The van der Waals surface area contributed by atoms with Crippen LogP contribution in [0.15, 0.2) is 36.8 Å². The first kappa shape index (κ1) is 14.2. The second-order valence-corrected chi connectivity index (χ2v) is 6.06. The summed E-state index contributed by atoms with van der Waals surface area (Å²) in [6, 6.07) is 6.18. The van der Waals surface area contributed by atoms with E-state index in [9.17, 15) is 0 Å². The number of nitrogens with zero attached hydrogens (tertiary/aromatic N) is 3. The molecular weight excluding hydrogens is 288 g/mol. The molecule has 0 bridgehead atoms. The van der Waals surface area contributed by atoms with Gasteiger partial charge >= 0.3 is 0 Å². The SMILES string of the molecule is Cc1ccnc(C)c1Nc1nccc2c1ccn2C[C@H]1CCO1. The van der Waals surface area contributed by atoms with Crippen LogP contribution < -0.4 is 5.32 Å². The van der Waals surface area contributed by atoms with Crippen LogP contribution in [0.4, 0.5) is 11.5 Å². The number of hydrogen-bond acceptors (Lipinski definition) is 4. The molecule has 3 aromatic heterocycles. The monoisotopic (exact) mass is 308 g/mol. The van der Waals surface area contributed by atoms with Crippen molar-refractivity contribution in [1.82, 2.24) is 14.5 Å². The van der Waals surface area contributed by atoms with Crippen LogP contribution in [-0.4, -0.2) is 27.2 Å². The molecule has 4 rings (SSSR count). The van der Waals surface area contributed by atoms with Gasteiger partial charge in [0, 0.05) is 37.1 Å². The summed E-state index contributed by atoms with van der Waals surface area (Å²) in [6.07, 6.45) is 7.28. The van der Waals surface area contributed by atoms with Crippen molar-refractivity contribution in [2.75, 3.05) is 11.9 Å². The minimum absolute atomic E-state index is 0.345. The van der Waals surface area contributed by atoms with E-state index < -0.39 is 0 Å². The van der Waals surface area contributed by atoms with Gasteiger partial charge in [0.05, 0.1) is 23.0 Å². The van der Waals surface area contributed by atoms with Crippen LogP contribution >= 0.6 is 0 Å². The number of rotatable bonds is 4. The van der Waals surface area contributed by atoms with E-state index in [2.05, 4.69) is 45.1 Å². The maximum atomic E-state index is 5.55. The van der Waals surface area contributed by atoms with Crippen LogP contribution in [0.25, 0.3) is 10.9 Å². The molecule has 0 amide bonds. The molecule has 0 radical (unpaired) electrons. The van der Waals surface area contributed by atoms with E-state index in [1.807, 2.05) is 25.4 Å². The highest BCUT2D eigenvalue weighted by atomic mass is 16.5. The third kappa shape index (κ3) is 2.57. The average molecular weight is 308 g/mol. The molecule has 1 aliphatic rings. The van der Waals surface area contributed by atoms with E-state index in [1.54, 1.807) is 0 Å². The quantitative estimate of drug-likeness (QED) is 0.800. The van der Waals surface area contributed by atoms with Gasteiger partial charge < -0.3 is 14.6 Å². The number of pyridine rings is 2. The lowest BCUT2D eigenvalue weighted by molar-refractivity contribution is -0.0586. The summed E-state index contributed by atoms with van der Waals surface area (Å²) < 4.78 is 7.79. The predicted octanol–water partition coefficient (Wildman–Crippen LogP) is 3.58. The molecule has 0 saturated carbocycles. The van der Waals surface area contributed by atoms with Crippen LogP contribution in [0, 0.1) is 13.8 Å². The first-order valence-corrected chi connectivity index (χ1v) is 7.97. The summed E-state index contributed by atoms with van der Waals surface area (Å²) in [5, 5.41) is 4.58. The van der Waals surface area contributed by atoms with Crippen molar-refractivity contribution in [3.8, 4) is 0 Å². The van der Waals surface area contributed by atoms with Gasteiger partial charge in [-0.15, -0.1) is 0 Å². The smallest absolute Gasteiger partial charge is 0.139 e. The van der Waals surface area contributed by atoms with E-state index in [0.29, 0.717) is 6.10 Å². The van der Waals surface area contributed by atoms with E-state index in [0.717, 1.165) is 42.2 Å². The third-order valence-corrected chi connectivity index (χ3v) is 4.48. The highest BCUT2D eigenvalue weighted by molar-refractivity contribution is 5.92. The first-order chi connectivity index (χ1) is 11.2. The molecule has 0 unspecified atom stereocenters. The molecule has 0 spiro atoms. The number of nitrogens with one attached hydrogen (secondary N) is 1. The van der Waals surface area contributed by atoms with E-state index in [4.69, 9.17) is 4.74 Å². The van der Waals surface area contributed by atoms with Crippen molar-refractivity contribution >= 4 is 22.4 Å². The maximum Gasteiger partial charge on any atom is 0.139 e. The highest BCUT2D eigenvalue weighted by Crippen LogP contribution is 2.28. The zero-order chi connectivity index (χ0) is 15.8. The van der Waals surface area contributed by atoms with Gasteiger partial charge in [0.25, 0.3) is 0 Å². The molecule has 3 aromatic rings. The van der Waals surface area contributed by atoms with Gasteiger partial charge in [-0.25, -0.2) is 4.98 Å². The standard InChI is InChI=1S/C18H20N4O/c1-12-3-7-19-13(2)17(12)21-18-15-5-9-22(11-14-6-10-23-14)16(15)4-8-20-18/h3-5,7-9,14H,6,10-11H2,1-2H3,(H,20,21)/t14-/m1/s1. The van der Waals surface area contributed by atoms with Gasteiger partial charge in [0.2, 0.25) is 0 Å². The van der Waals surface area contributed by atoms with Crippen molar-refractivity contribution in [2.45, 2.75) is 32.9 Å². The van der Waals surface area contributed by atoms with Crippen LogP contribution in [0.5, 0.6) is 0 Å². The van der Waals surface area contributed by atoms with Gasteiger partial charge in [-0.2, -0.15) is 0 Å². The Balaban J connectivity index is 1.70. The number of hydrogen-bond donors (Lipinski definition) is 1. The van der Waals surface area contributed by atoms with Crippen LogP contribution in [0.1, 0.15) is 17.7 Å². The maximum absolute atomic E-state index is 5.55. The van der Waals surface area contributed by atoms with Crippen molar-refractivity contribution < 1.29 is 4.74 Å². The van der Waals surface area contributed by atoms with Gasteiger partial charge in [0.15, 0.2) is 0 Å². The van der Waals surface area contributed by atoms with E-state index in [-0.39, 0.29) is 0 Å². The van der Waals surface area contributed by atoms with Crippen molar-refractivity contribution in [1.29, 1.82) is 0 Å². The van der Waals surface area contributed by atoms with Gasteiger partial charge in [-0.05, 0) is 44.0 Å². The number of ether oxygens (including phenoxy) is 1. The number of fused-ring (bicyclic) bond motifs is 1. The second kappa shape index (κ2) is 5.66. The topological polar surface area (TPSA) is 52.0 Å². The van der Waals surface area contributed by atoms with Crippen molar-refractivity contribution in [3.63, 3.8) is 0 Å². The molecule has 5 heteroatoms. The Morgan fingerprint density at radius 3 is 2.78 bits per heavy atom. The minimum Gasteiger partial charge on any atom is -0.376 e. The first-order valence-electron chi connectivity index (χ1n) is 7.97. The largest absolute Gasteiger partial charge is 0.376 e. The molecule has 23 heavy (non-hydrogen) atoms. The fraction of sp³-hybridized carbons (Fsp3) is 0.333. The summed E-state index contributed by atoms with van der Waals surface area (Å²) in [5.41, 5.74) is 4.35. The molecule has 1 N–H and O–H groups in total. The molecule has 1 saturated heterocycles. The number of aromatic nitrogens is 3. The molecule has 0 aromatic carbocycles. The zero-order valence-electron chi connectivity index (χ0n) is 13.4. The minimum atomic E-state index is 0.345. The lowest BCUT2D eigenvalue weighted by atomic mass is 10.2. The zero-order valence-corrected chi connectivity index (χ0v) is 13.4. The Morgan fingerprint density at radius 2 is 2.04 bits per heavy atom. The molecule has 1 atom stereocenters. The normalized spacial score (nSPS) is 17.2. The van der Waals surface area contributed by atoms with Gasteiger partial charge in [0.1, 0.15) is 5.82 Å². The number of aryl methyl sites for hydroxylation is 2. The van der Waals surface area contributed by atoms with Gasteiger partial charge in [-0.3, -0.25) is 4.98 Å². The van der Waals surface area contributed by atoms with E-state index >= 15 is 0 Å². The lowest BCUT2D eigenvalue weighted by Gasteiger charge is -2.27. The van der Waals surface area contributed by atoms with Crippen LogP contribution in [-0.2, 0) is 11.3 Å². The molecule has 4 heterocycles. The summed E-state index contributed by atoms with van der Waals surface area (Å²) in [5.74, 6) is 0.870. The Labute approximate surface area is 135 Å². The second-order valence-electron chi connectivity index (χ2n) is 6.06. The molecule has 0 aliphatic carbocycles. The average Bonchev–Trinajstić information content (AvgIpc) is 2.91. The molecule has 118 valence electrons. The van der Waals surface area contributed by atoms with Crippen LogP contribution in [0.2, 0.25) is 0 Å². The summed E-state index contributed by atoms with van der Waals surface area (Å²) in [7, 11) is 0. The fourth-order valence-electron chi connectivity index (χ4n) is 3.03. The van der Waals surface area contributed by atoms with Crippen LogP contribution in [0.3, 0.4) is 0 Å². The molecular formula is C18H20N4O. The Kier molecular flexibility index (Phi) is 3.50. The summed E-state index contributed by atoms with van der Waals surface area (Å²) >= 11 is 0. The Morgan fingerprint density at radius 1 is 1.22 bits per heavy atom. The molecule has 5 nitrogen and oxygen atoms in total. The van der Waals surface area contributed by atoms with Crippen molar-refractivity contribution in [2.24, 2.45) is 0 Å². The van der Waals surface area contributed by atoms with Crippen molar-refractivity contribution in [3.05, 3.63) is 48.0 Å². The summed E-state index contributed by atoms with van der Waals surface area (Å²) in [6.45, 7) is 5.88. The number of anilines is 2. The predicted molar refractivity (Wildman–Crippen MR) is 91.1 cm³/mol. The van der Waals surface area contributed by atoms with E-state index in [1.165, 1.54) is 11.1 Å². The Hall–Kier alpha value is -2.40. The molecule has 1 fully saturated rings. The molecule has 1 aliphatic heterocycles.